The van der Waals surface area contributed by atoms with Gasteiger partial charge in [-0.1, -0.05) is 24.8 Å². The van der Waals surface area contributed by atoms with Gasteiger partial charge in [0.05, 0.1) is 0 Å². The van der Waals surface area contributed by atoms with E-state index < -0.39 is 0 Å². The van der Waals surface area contributed by atoms with Gasteiger partial charge in [0.25, 0.3) is 0 Å². The lowest BCUT2D eigenvalue weighted by molar-refractivity contribution is 0.190. The predicted molar refractivity (Wildman–Crippen MR) is 107 cm³/mol. The molecule has 3 heterocycles. The predicted octanol–water partition coefficient (Wildman–Crippen LogP) is 6.29. The van der Waals surface area contributed by atoms with Gasteiger partial charge in [0.15, 0.2) is 0 Å². The molecule has 0 spiro atoms. The standard InChI is InChI=1S/C21H27NS2/c1-2-4-17(5-3-1)14-22-10-6-18(7-11-22)21(19-8-12-23-15-19)20-9-13-24-16-20/h8-9,12-13,15-17H,1-7,10-11,14H2. The van der Waals surface area contributed by atoms with E-state index in [1.54, 1.807) is 5.57 Å². The normalized spacial score (nSPS) is 20.4. The lowest BCUT2D eigenvalue weighted by Gasteiger charge is -2.34. The lowest BCUT2D eigenvalue weighted by atomic mass is 9.87. The first-order valence-corrected chi connectivity index (χ1v) is 11.3. The maximum atomic E-state index is 2.73. The number of rotatable bonds is 4. The van der Waals surface area contributed by atoms with Crippen LogP contribution in [0.1, 0.15) is 56.1 Å². The third-order valence-corrected chi connectivity index (χ3v) is 7.04. The fraction of sp³-hybridized carbons (Fsp3) is 0.524. The van der Waals surface area contributed by atoms with Gasteiger partial charge in [0, 0.05) is 19.6 Å². The molecule has 0 unspecified atom stereocenters. The second kappa shape index (κ2) is 7.99. The molecule has 1 aliphatic heterocycles. The first-order valence-electron chi connectivity index (χ1n) is 9.39. The first kappa shape index (κ1) is 16.6. The SMILES string of the molecule is c1cc(C(=C2CCN(CC3CCCCC3)CC2)c2ccsc2)cs1. The minimum Gasteiger partial charge on any atom is -0.302 e. The molecule has 24 heavy (non-hydrogen) atoms. The summed E-state index contributed by atoms with van der Waals surface area (Å²) in [7, 11) is 0. The molecule has 0 atom stereocenters. The highest BCUT2D eigenvalue weighted by molar-refractivity contribution is 7.08. The second-order valence-electron chi connectivity index (χ2n) is 7.31. The molecular weight excluding hydrogens is 330 g/mol. The van der Waals surface area contributed by atoms with Gasteiger partial charge in [-0.15, -0.1) is 0 Å². The van der Waals surface area contributed by atoms with Gasteiger partial charge < -0.3 is 4.90 Å². The second-order valence-corrected chi connectivity index (χ2v) is 8.87. The summed E-state index contributed by atoms with van der Waals surface area (Å²) in [5.41, 5.74) is 6.05. The molecule has 1 nitrogen and oxygen atoms in total. The van der Waals surface area contributed by atoms with E-state index in [0.29, 0.717) is 0 Å². The quantitative estimate of drug-likeness (QED) is 0.622. The van der Waals surface area contributed by atoms with E-state index in [1.807, 2.05) is 22.7 Å². The van der Waals surface area contributed by atoms with Crippen LogP contribution in [0.15, 0.2) is 39.2 Å². The highest BCUT2D eigenvalue weighted by Gasteiger charge is 2.22. The molecule has 0 aromatic carbocycles. The van der Waals surface area contributed by atoms with Crippen molar-refractivity contribution in [3.05, 3.63) is 50.4 Å². The van der Waals surface area contributed by atoms with E-state index in [2.05, 4.69) is 38.6 Å². The number of nitrogens with zero attached hydrogens (tertiary/aromatic N) is 1. The fourth-order valence-electron chi connectivity index (χ4n) is 4.38. The molecule has 1 aliphatic carbocycles. The van der Waals surface area contributed by atoms with Gasteiger partial charge in [-0.3, -0.25) is 0 Å². The van der Waals surface area contributed by atoms with Gasteiger partial charge in [-0.2, -0.15) is 22.7 Å². The summed E-state index contributed by atoms with van der Waals surface area (Å²) < 4.78 is 0. The van der Waals surface area contributed by atoms with Crippen LogP contribution in [0.4, 0.5) is 0 Å². The average molecular weight is 358 g/mol. The van der Waals surface area contributed by atoms with Crippen molar-refractivity contribution >= 4 is 28.2 Å². The van der Waals surface area contributed by atoms with Gasteiger partial charge in [0.2, 0.25) is 0 Å². The smallest absolute Gasteiger partial charge is 0.00192 e. The minimum atomic E-state index is 0.970. The van der Waals surface area contributed by atoms with Crippen LogP contribution in [0.2, 0.25) is 0 Å². The van der Waals surface area contributed by atoms with E-state index in [9.17, 15) is 0 Å². The monoisotopic (exact) mass is 357 g/mol. The molecule has 3 heteroatoms. The topological polar surface area (TPSA) is 3.24 Å². The highest BCUT2D eigenvalue weighted by Crippen LogP contribution is 2.35. The summed E-state index contributed by atoms with van der Waals surface area (Å²) >= 11 is 3.62. The van der Waals surface area contributed by atoms with Crippen molar-refractivity contribution in [3.63, 3.8) is 0 Å². The lowest BCUT2D eigenvalue weighted by Crippen LogP contribution is -2.35. The fourth-order valence-corrected chi connectivity index (χ4v) is 5.67. The van der Waals surface area contributed by atoms with Crippen LogP contribution >= 0.6 is 22.7 Å². The van der Waals surface area contributed by atoms with Gasteiger partial charge in [-0.05, 0) is 82.0 Å². The Morgan fingerprint density at radius 1 is 0.917 bits per heavy atom. The molecule has 0 bridgehead atoms. The zero-order valence-corrected chi connectivity index (χ0v) is 16.0. The molecule has 2 aromatic rings. The Labute approximate surface area is 154 Å². The van der Waals surface area contributed by atoms with E-state index >= 15 is 0 Å². The summed E-state index contributed by atoms with van der Waals surface area (Å²) in [6.07, 6.45) is 9.81. The van der Waals surface area contributed by atoms with Crippen LogP contribution in [-0.4, -0.2) is 24.5 Å². The third-order valence-electron chi connectivity index (χ3n) is 5.67. The Hall–Kier alpha value is -0.900. The molecule has 128 valence electrons. The molecule has 1 saturated carbocycles. The summed E-state index contributed by atoms with van der Waals surface area (Å²) in [5.74, 6) is 0.970. The Bertz CT molecular complexity index is 602. The van der Waals surface area contributed by atoms with Crippen molar-refractivity contribution in [1.29, 1.82) is 0 Å². The van der Waals surface area contributed by atoms with Crippen molar-refractivity contribution in [1.82, 2.24) is 4.90 Å². The number of thiophene rings is 2. The van der Waals surface area contributed by atoms with Gasteiger partial charge in [-0.25, -0.2) is 0 Å². The van der Waals surface area contributed by atoms with E-state index in [4.69, 9.17) is 0 Å². The van der Waals surface area contributed by atoms with Crippen LogP contribution in [0.3, 0.4) is 0 Å². The zero-order valence-electron chi connectivity index (χ0n) is 14.4. The van der Waals surface area contributed by atoms with Crippen molar-refractivity contribution in [3.8, 4) is 0 Å². The van der Waals surface area contributed by atoms with Crippen molar-refractivity contribution in [2.24, 2.45) is 5.92 Å². The number of hydrogen-bond acceptors (Lipinski definition) is 3. The zero-order chi connectivity index (χ0) is 16.2. The van der Waals surface area contributed by atoms with Crippen LogP contribution in [0, 0.1) is 5.92 Å². The molecule has 1 saturated heterocycles. The third kappa shape index (κ3) is 3.84. The first-order chi connectivity index (χ1) is 11.9. The van der Waals surface area contributed by atoms with E-state index in [0.717, 1.165) is 5.92 Å². The van der Waals surface area contributed by atoms with Gasteiger partial charge >= 0.3 is 0 Å². The number of likely N-dealkylation sites (tertiary alicyclic amines) is 1. The van der Waals surface area contributed by atoms with Crippen LogP contribution in [-0.2, 0) is 0 Å². The molecule has 4 rings (SSSR count). The Kier molecular flexibility index (Phi) is 5.51. The van der Waals surface area contributed by atoms with E-state index in [1.165, 1.54) is 81.3 Å². The molecule has 2 aliphatic rings. The van der Waals surface area contributed by atoms with E-state index in [-0.39, 0.29) is 0 Å². The molecular formula is C21H27NS2. The Balaban J connectivity index is 1.46. The Morgan fingerprint density at radius 3 is 2.08 bits per heavy atom. The summed E-state index contributed by atoms with van der Waals surface area (Å²) in [6, 6.07) is 4.58. The van der Waals surface area contributed by atoms with Crippen molar-refractivity contribution < 1.29 is 0 Å². The highest BCUT2D eigenvalue weighted by atomic mass is 32.1. The maximum absolute atomic E-state index is 2.73. The average Bonchev–Trinajstić information content (AvgIpc) is 3.32. The molecule has 0 radical (unpaired) electrons. The van der Waals surface area contributed by atoms with Crippen LogP contribution in [0.25, 0.3) is 5.57 Å². The van der Waals surface area contributed by atoms with Crippen LogP contribution in [0.5, 0.6) is 0 Å². The summed E-state index contributed by atoms with van der Waals surface area (Å²) in [5, 5.41) is 9.05. The van der Waals surface area contributed by atoms with Crippen LogP contribution < -0.4 is 0 Å². The maximum Gasteiger partial charge on any atom is 0.00192 e. The minimum absolute atomic E-state index is 0.970. The molecule has 2 aromatic heterocycles. The number of hydrogen-bond donors (Lipinski definition) is 0. The van der Waals surface area contributed by atoms with Gasteiger partial charge in [0.1, 0.15) is 0 Å². The molecule has 0 amide bonds. The molecule has 0 N–H and O–H groups in total. The summed E-state index contributed by atoms with van der Waals surface area (Å²) in [4.78, 5) is 2.73. The molecule has 2 fully saturated rings. The number of piperidine rings is 1. The van der Waals surface area contributed by atoms with Crippen molar-refractivity contribution in [2.75, 3.05) is 19.6 Å². The largest absolute Gasteiger partial charge is 0.302 e. The van der Waals surface area contributed by atoms with Crippen molar-refractivity contribution in [2.45, 2.75) is 44.9 Å². The Morgan fingerprint density at radius 2 is 1.54 bits per heavy atom. The summed E-state index contributed by atoms with van der Waals surface area (Å²) in [6.45, 7) is 3.85.